The van der Waals surface area contributed by atoms with Crippen molar-refractivity contribution in [2.45, 2.75) is 12.8 Å². The Kier molecular flexibility index (Phi) is 5.99. The van der Waals surface area contributed by atoms with Gasteiger partial charge in [-0.05, 0) is 25.0 Å². The van der Waals surface area contributed by atoms with Gasteiger partial charge < -0.3 is 19.7 Å². The lowest BCUT2D eigenvalue weighted by atomic mass is 9.95. The van der Waals surface area contributed by atoms with Crippen molar-refractivity contribution < 1.29 is 14.3 Å². The summed E-state index contributed by atoms with van der Waals surface area (Å²) in [5.74, 6) is 2.63. The van der Waals surface area contributed by atoms with E-state index in [1.165, 1.54) is 6.33 Å². The van der Waals surface area contributed by atoms with Crippen LogP contribution in [0.4, 0.5) is 11.5 Å². The van der Waals surface area contributed by atoms with Gasteiger partial charge in [-0.3, -0.25) is 4.79 Å². The van der Waals surface area contributed by atoms with Crippen LogP contribution in [0.3, 0.4) is 0 Å². The monoisotopic (exact) mass is 458 g/mol. The zero-order valence-electron chi connectivity index (χ0n) is 19.1. The Balaban J connectivity index is 1.32. The lowest BCUT2D eigenvalue weighted by Crippen LogP contribution is -2.39. The number of nitrogens with one attached hydrogen (secondary N) is 1. The number of amides is 1. The Morgan fingerprint density at radius 2 is 1.82 bits per heavy atom. The molecule has 2 aromatic heterocycles. The zero-order valence-corrected chi connectivity index (χ0v) is 19.1. The summed E-state index contributed by atoms with van der Waals surface area (Å²) in [7, 11) is 3.18. The Bertz CT molecular complexity index is 1300. The molecule has 9 heteroatoms. The molecule has 9 nitrogen and oxygen atoms in total. The molecule has 1 N–H and O–H groups in total. The molecule has 174 valence electrons. The number of benzene rings is 2. The summed E-state index contributed by atoms with van der Waals surface area (Å²) in [5.41, 5.74) is 2.48. The summed E-state index contributed by atoms with van der Waals surface area (Å²) in [5, 5.41) is 7.39. The maximum absolute atomic E-state index is 13.0. The van der Waals surface area contributed by atoms with Gasteiger partial charge in [0.05, 0.1) is 25.6 Å². The number of hydrogen-bond acceptors (Lipinski definition) is 7. The molecule has 1 saturated heterocycles. The number of ether oxygens (including phenoxy) is 2. The van der Waals surface area contributed by atoms with Gasteiger partial charge in [0.25, 0.3) is 5.78 Å². The first-order valence-corrected chi connectivity index (χ1v) is 11.2. The first kappa shape index (κ1) is 21.7. The maximum Gasteiger partial charge on any atom is 0.254 e. The Morgan fingerprint density at radius 1 is 1.03 bits per heavy atom. The SMILES string of the molecule is COc1ccc(OC)c(NC(=O)C2CCN(c3cc(-c4ccccc4)nc4ncnn34)CC2)c1. The smallest absolute Gasteiger partial charge is 0.254 e. The van der Waals surface area contributed by atoms with E-state index in [0.717, 1.165) is 43.0 Å². The summed E-state index contributed by atoms with van der Waals surface area (Å²) in [6.07, 6.45) is 2.96. The average Bonchev–Trinajstić information content (AvgIpc) is 3.37. The van der Waals surface area contributed by atoms with E-state index in [0.29, 0.717) is 23.0 Å². The minimum Gasteiger partial charge on any atom is -0.497 e. The van der Waals surface area contributed by atoms with Crippen molar-refractivity contribution in [1.82, 2.24) is 19.6 Å². The fraction of sp³-hybridized carbons (Fsp3) is 0.280. The fourth-order valence-corrected chi connectivity index (χ4v) is 4.30. The number of nitrogens with zero attached hydrogens (tertiary/aromatic N) is 5. The van der Waals surface area contributed by atoms with Gasteiger partial charge in [0.2, 0.25) is 5.91 Å². The highest BCUT2D eigenvalue weighted by molar-refractivity contribution is 5.94. The van der Waals surface area contributed by atoms with Crippen LogP contribution < -0.4 is 19.7 Å². The van der Waals surface area contributed by atoms with Crippen molar-refractivity contribution in [1.29, 1.82) is 0 Å². The summed E-state index contributed by atoms with van der Waals surface area (Å²) in [4.78, 5) is 24.2. The van der Waals surface area contributed by atoms with E-state index in [1.54, 1.807) is 36.9 Å². The molecule has 0 atom stereocenters. The Hall–Kier alpha value is -4.14. The second-order valence-electron chi connectivity index (χ2n) is 8.15. The molecular formula is C25H26N6O3. The number of rotatable bonds is 6. The third kappa shape index (κ3) is 4.24. The molecule has 0 radical (unpaired) electrons. The molecule has 1 fully saturated rings. The van der Waals surface area contributed by atoms with E-state index in [-0.39, 0.29) is 11.8 Å². The standard InChI is InChI=1S/C25H26N6O3/c1-33-19-8-9-22(34-2)21(14-19)28-24(32)18-10-12-30(13-11-18)23-15-20(17-6-4-3-5-7-17)29-25-26-16-27-31(23)25/h3-9,14-16,18H,10-13H2,1-2H3,(H,28,32). The number of anilines is 2. The van der Waals surface area contributed by atoms with E-state index in [2.05, 4.69) is 25.3 Å². The highest BCUT2D eigenvalue weighted by Crippen LogP contribution is 2.31. The zero-order chi connectivity index (χ0) is 23.5. The predicted octanol–water partition coefficient (Wildman–Crippen LogP) is 3.66. The van der Waals surface area contributed by atoms with Crippen molar-refractivity contribution in [2.24, 2.45) is 5.92 Å². The van der Waals surface area contributed by atoms with Crippen LogP contribution in [0, 0.1) is 5.92 Å². The molecule has 0 spiro atoms. The van der Waals surface area contributed by atoms with E-state index < -0.39 is 0 Å². The third-order valence-corrected chi connectivity index (χ3v) is 6.16. The molecule has 1 aliphatic heterocycles. The number of aromatic nitrogens is 4. The predicted molar refractivity (Wildman–Crippen MR) is 129 cm³/mol. The second kappa shape index (κ2) is 9.38. The highest BCUT2D eigenvalue weighted by Gasteiger charge is 2.27. The maximum atomic E-state index is 13.0. The largest absolute Gasteiger partial charge is 0.497 e. The van der Waals surface area contributed by atoms with E-state index in [4.69, 9.17) is 9.47 Å². The molecule has 0 saturated carbocycles. The van der Waals surface area contributed by atoms with Crippen LogP contribution in [0.2, 0.25) is 0 Å². The molecular weight excluding hydrogens is 432 g/mol. The number of hydrogen-bond donors (Lipinski definition) is 1. The minimum absolute atomic E-state index is 0.0168. The molecule has 0 aliphatic carbocycles. The molecule has 3 heterocycles. The summed E-state index contributed by atoms with van der Waals surface area (Å²) < 4.78 is 12.4. The van der Waals surface area contributed by atoms with Crippen LogP contribution in [-0.2, 0) is 4.79 Å². The van der Waals surface area contributed by atoms with Gasteiger partial charge in [-0.15, -0.1) is 0 Å². The molecule has 4 aromatic rings. The van der Waals surface area contributed by atoms with Gasteiger partial charge in [-0.1, -0.05) is 30.3 Å². The molecule has 0 bridgehead atoms. The number of methoxy groups -OCH3 is 2. The van der Waals surface area contributed by atoms with Crippen LogP contribution >= 0.6 is 0 Å². The molecule has 2 aromatic carbocycles. The van der Waals surface area contributed by atoms with Crippen LogP contribution in [0.1, 0.15) is 12.8 Å². The van der Waals surface area contributed by atoms with Crippen LogP contribution in [0.5, 0.6) is 11.5 Å². The summed E-state index contributed by atoms with van der Waals surface area (Å²) in [6, 6.07) is 17.4. The third-order valence-electron chi connectivity index (χ3n) is 6.16. The van der Waals surface area contributed by atoms with Gasteiger partial charge in [-0.2, -0.15) is 14.6 Å². The van der Waals surface area contributed by atoms with Gasteiger partial charge in [0, 0.05) is 36.7 Å². The fourth-order valence-electron chi connectivity index (χ4n) is 4.30. The van der Waals surface area contributed by atoms with Crippen molar-refractivity contribution in [3.05, 3.63) is 60.9 Å². The van der Waals surface area contributed by atoms with Crippen LogP contribution in [0.25, 0.3) is 17.0 Å². The van der Waals surface area contributed by atoms with E-state index in [1.807, 2.05) is 36.4 Å². The molecule has 1 aliphatic rings. The topological polar surface area (TPSA) is 93.9 Å². The molecule has 1 amide bonds. The second-order valence-corrected chi connectivity index (χ2v) is 8.15. The molecule has 5 rings (SSSR count). The first-order valence-electron chi connectivity index (χ1n) is 11.2. The van der Waals surface area contributed by atoms with E-state index >= 15 is 0 Å². The van der Waals surface area contributed by atoms with E-state index in [9.17, 15) is 4.79 Å². The van der Waals surface area contributed by atoms with Crippen LogP contribution in [-0.4, -0.2) is 52.8 Å². The average molecular weight is 459 g/mol. The summed E-state index contributed by atoms with van der Waals surface area (Å²) >= 11 is 0. The summed E-state index contributed by atoms with van der Waals surface area (Å²) in [6.45, 7) is 1.45. The van der Waals surface area contributed by atoms with Crippen molar-refractivity contribution in [3.8, 4) is 22.8 Å². The Labute approximate surface area is 197 Å². The van der Waals surface area contributed by atoms with Crippen molar-refractivity contribution in [2.75, 3.05) is 37.5 Å². The Morgan fingerprint density at radius 3 is 2.56 bits per heavy atom. The minimum atomic E-state index is -0.103. The van der Waals surface area contributed by atoms with Gasteiger partial charge in [-0.25, -0.2) is 4.98 Å². The molecule has 0 unspecified atom stereocenters. The number of piperidine rings is 1. The lowest BCUT2D eigenvalue weighted by molar-refractivity contribution is -0.120. The van der Waals surface area contributed by atoms with Gasteiger partial charge in [0.15, 0.2) is 0 Å². The highest BCUT2D eigenvalue weighted by atomic mass is 16.5. The van der Waals surface area contributed by atoms with Gasteiger partial charge >= 0.3 is 0 Å². The van der Waals surface area contributed by atoms with Gasteiger partial charge in [0.1, 0.15) is 23.6 Å². The number of carbonyl (C=O) groups excluding carboxylic acids is 1. The first-order chi connectivity index (χ1) is 16.7. The molecule has 34 heavy (non-hydrogen) atoms. The normalized spacial score (nSPS) is 14.2. The van der Waals surface area contributed by atoms with Crippen LogP contribution in [0.15, 0.2) is 60.9 Å². The van der Waals surface area contributed by atoms with Crippen molar-refractivity contribution in [3.63, 3.8) is 0 Å². The lowest BCUT2D eigenvalue weighted by Gasteiger charge is -2.33. The quantitative estimate of drug-likeness (QED) is 0.471. The number of carbonyl (C=O) groups is 1. The number of fused-ring (bicyclic) bond motifs is 1. The van der Waals surface area contributed by atoms with Crippen molar-refractivity contribution >= 4 is 23.2 Å².